The lowest BCUT2D eigenvalue weighted by Crippen LogP contribution is -2.14. The second-order valence-corrected chi connectivity index (χ2v) is 8.86. The van der Waals surface area contributed by atoms with Gasteiger partial charge in [0.25, 0.3) is 0 Å². The third-order valence-corrected chi connectivity index (χ3v) is 5.90. The Hall–Kier alpha value is -2.17. The van der Waals surface area contributed by atoms with Gasteiger partial charge in [0.1, 0.15) is 0 Å². The van der Waals surface area contributed by atoms with Crippen LogP contribution in [-0.4, -0.2) is 26.6 Å². The quantitative estimate of drug-likeness (QED) is 0.376. The number of carbonyl (C=O) groups is 1. The van der Waals surface area contributed by atoms with Crippen molar-refractivity contribution in [1.82, 2.24) is 15.0 Å². The van der Waals surface area contributed by atoms with Gasteiger partial charge in [-0.05, 0) is 37.6 Å². The van der Waals surface area contributed by atoms with Crippen LogP contribution in [-0.2, 0) is 17.4 Å². The number of nitrogens with one attached hydrogen (secondary N) is 1. The lowest BCUT2D eigenvalue weighted by Gasteiger charge is -2.10. The number of rotatable bonds is 6. The fraction of sp³-hybridized carbons (Fsp3) is 0.263. The maximum atomic E-state index is 13.0. The fourth-order valence-electron chi connectivity index (χ4n) is 2.59. The maximum Gasteiger partial charge on any atom is 0.417 e. The number of benzene rings is 1. The van der Waals surface area contributed by atoms with Crippen molar-refractivity contribution >= 4 is 45.7 Å². The van der Waals surface area contributed by atoms with Crippen LogP contribution in [0.4, 0.5) is 18.3 Å². The maximum absolute atomic E-state index is 13.0. The summed E-state index contributed by atoms with van der Waals surface area (Å²) in [5, 5.41) is 3.24. The summed E-state index contributed by atoms with van der Waals surface area (Å²) in [5.41, 5.74) is 1.23. The van der Waals surface area contributed by atoms with Crippen LogP contribution in [0.25, 0.3) is 0 Å². The van der Waals surface area contributed by atoms with Crippen LogP contribution in [0.5, 0.6) is 0 Å². The molecule has 30 heavy (non-hydrogen) atoms. The van der Waals surface area contributed by atoms with Gasteiger partial charge in [0.05, 0.1) is 16.3 Å². The number of hydrogen-bond acceptors (Lipinski definition) is 6. The van der Waals surface area contributed by atoms with Crippen LogP contribution in [0.15, 0.2) is 35.6 Å². The highest BCUT2D eigenvalue weighted by molar-refractivity contribution is 7.99. The second kappa shape index (κ2) is 9.32. The van der Waals surface area contributed by atoms with Crippen LogP contribution in [0.1, 0.15) is 27.4 Å². The third-order valence-electron chi connectivity index (χ3n) is 3.81. The van der Waals surface area contributed by atoms with Crippen LogP contribution in [0.2, 0.25) is 5.02 Å². The van der Waals surface area contributed by atoms with E-state index in [4.69, 9.17) is 11.6 Å². The van der Waals surface area contributed by atoms with E-state index in [9.17, 15) is 18.0 Å². The number of halogens is 4. The van der Waals surface area contributed by atoms with E-state index in [0.717, 1.165) is 17.5 Å². The summed E-state index contributed by atoms with van der Waals surface area (Å²) in [6.07, 6.45) is -2.74. The Morgan fingerprint density at radius 2 is 1.90 bits per heavy atom. The van der Waals surface area contributed by atoms with E-state index >= 15 is 0 Å². The molecule has 0 aliphatic carbocycles. The smallest absolute Gasteiger partial charge is 0.301 e. The molecule has 2 heterocycles. The zero-order valence-corrected chi connectivity index (χ0v) is 18.3. The van der Waals surface area contributed by atoms with E-state index in [1.54, 1.807) is 0 Å². The molecule has 0 unspecified atom stereocenters. The minimum atomic E-state index is -4.52. The molecule has 5 nitrogen and oxygen atoms in total. The van der Waals surface area contributed by atoms with Crippen LogP contribution >= 0.6 is 34.7 Å². The Labute approximate surface area is 184 Å². The predicted molar refractivity (Wildman–Crippen MR) is 112 cm³/mol. The fourth-order valence-corrected chi connectivity index (χ4v) is 4.43. The first-order chi connectivity index (χ1) is 14.1. The number of anilines is 1. The van der Waals surface area contributed by atoms with Gasteiger partial charge in [-0.3, -0.25) is 4.79 Å². The molecular formula is C19H16ClF3N4OS2. The van der Waals surface area contributed by atoms with Gasteiger partial charge in [-0.25, -0.2) is 15.0 Å². The number of thiazole rings is 1. The Morgan fingerprint density at radius 3 is 2.57 bits per heavy atom. The van der Waals surface area contributed by atoms with Crippen molar-refractivity contribution < 1.29 is 18.0 Å². The van der Waals surface area contributed by atoms with Gasteiger partial charge in [-0.1, -0.05) is 29.4 Å². The van der Waals surface area contributed by atoms with Gasteiger partial charge in [0.2, 0.25) is 5.91 Å². The molecule has 0 saturated heterocycles. The number of amides is 1. The minimum absolute atomic E-state index is 0.115. The normalized spacial score (nSPS) is 11.5. The zero-order valence-electron chi connectivity index (χ0n) is 15.9. The summed E-state index contributed by atoms with van der Waals surface area (Å²) in [6.45, 7) is 3.71. The van der Waals surface area contributed by atoms with E-state index in [0.29, 0.717) is 20.7 Å². The standard InChI is InChI=1S/C19H16ClF3N4OS2/c1-10-5-11(2)26-18(25-10)29-9-16(28)27-17-24-8-13(30-17)6-12-3-4-15(20)14(7-12)19(21,22)23/h3-5,7-8H,6,9H2,1-2H3,(H,24,27,28). The van der Waals surface area contributed by atoms with Crippen LogP contribution in [0.3, 0.4) is 0 Å². The molecule has 3 rings (SSSR count). The van der Waals surface area contributed by atoms with Gasteiger partial charge in [0.15, 0.2) is 10.3 Å². The van der Waals surface area contributed by atoms with E-state index in [2.05, 4.69) is 20.3 Å². The molecule has 0 radical (unpaired) electrons. The highest BCUT2D eigenvalue weighted by Gasteiger charge is 2.33. The summed E-state index contributed by atoms with van der Waals surface area (Å²) in [4.78, 5) is 25.5. The van der Waals surface area contributed by atoms with Crippen LogP contribution in [0, 0.1) is 13.8 Å². The molecule has 11 heteroatoms. The SMILES string of the molecule is Cc1cc(C)nc(SCC(=O)Nc2ncc(Cc3ccc(Cl)c(C(F)(F)F)c3)s2)n1. The molecule has 1 N–H and O–H groups in total. The first-order valence-corrected chi connectivity index (χ1v) is 10.8. The zero-order chi connectivity index (χ0) is 21.9. The molecule has 0 atom stereocenters. The number of thioether (sulfide) groups is 1. The average molecular weight is 473 g/mol. The number of carbonyl (C=O) groups excluding carboxylic acids is 1. The first kappa shape index (κ1) is 22.5. The van der Waals surface area contributed by atoms with E-state index in [-0.39, 0.29) is 23.1 Å². The van der Waals surface area contributed by atoms with Crippen LogP contribution < -0.4 is 5.32 Å². The summed E-state index contributed by atoms with van der Waals surface area (Å²) in [7, 11) is 0. The van der Waals surface area contributed by atoms with Crippen molar-refractivity contribution in [3.8, 4) is 0 Å². The molecule has 3 aromatic rings. The molecule has 1 amide bonds. The Kier molecular flexibility index (Phi) is 6.99. The molecule has 0 spiro atoms. The van der Waals surface area contributed by atoms with Gasteiger partial charge in [-0.15, -0.1) is 11.3 Å². The van der Waals surface area contributed by atoms with Crippen molar-refractivity contribution in [2.24, 2.45) is 0 Å². The number of aromatic nitrogens is 3. The topological polar surface area (TPSA) is 67.8 Å². The summed E-state index contributed by atoms with van der Waals surface area (Å²) in [6, 6.07) is 5.64. The molecule has 1 aromatic carbocycles. The predicted octanol–water partition coefficient (Wildman–Crippen LogP) is 5.54. The van der Waals surface area contributed by atoms with Crippen molar-refractivity contribution in [1.29, 1.82) is 0 Å². The minimum Gasteiger partial charge on any atom is -0.301 e. The largest absolute Gasteiger partial charge is 0.417 e. The van der Waals surface area contributed by atoms with E-state index < -0.39 is 11.7 Å². The molecule has 158 valence electrons. The molecule has 0 aliphatic rings. The highest BCUT2D eigenvalue weighted by atomic mass is 35.5. The summed E-state index contributed by atoms with van der Waals surface area (Å²) < 4.78 is 39.0. The molecule has 0 fully saturated rings. The highest BCUT2D eigenvalue weighted by Crippen LogP contribution is 2.35. The summed E-state index contributed by atoms with van der Waals surface area (Å²) in [5.74, 6) is -0.154. The Balaban J connectivity index is 1.59. The molecule has 0 saturated carbocycles. The van der Waals surface area contributed by atoms with Crippen molar-refractivity contribution in [3.05, 3.63) is 62.9 Å². The lowest BCUT2D eigenvalue weighted by atomic mass is 10.1. The van der Waals surface area contributed by atoms with Crippen molar-refractivity contribution in [3.63, 3.8) is 0 Å². The van der Waals surface area contributed by atoms with Gasteiger partial charge < -0.3 is 5.32 Å². The molecule has 0 bridgehead atoms. The third kappa shape index (κ3) is 6.16. The lowest BCUT2D eigenvalue weighted by molar-refractivity contribution is -0.137. The van der Waals surface area contributed by atoms with Gasteiger partial charge >= 0.3 is 6.18 Å². The van der Waals surface area contributed by atoms with E-state index in [1.807, 2.05) is 19.9 Å². The average Bonchev–Trinajstić information content (AvgIpc) is 3.06. The second-order valence-electron chi connectivity index (χ2n) is 6.39. The number of hydrogen-bond donors (Lipinski definition) is 1. The van der Waals surface area contributed by atoms with E-state index in [1.165, 1.54) is 41.4 Å². The van der Waals surface area contributed by atoms with Crippen molar-refractivity contribution in [2.75, 3.05) is 11.1 Å². The molecule has 0 aliphatic heterocycles. The van der Waals surface area contributed by atoms with Crippen molar-refractivity contribution in [2.45, 2.75) is 31.6 Å². The molecule has 2 aromatic heterocycles. The number of alkyl halides is 3. The van der Waals surface area contributed by atoms with Gasteiger partial charge in [0, 0.05) is 28.9 Å². The van der Waals surface area contributed by atoms with Gasteiger partial charge in [-0.2, -0.15) is 13.2 Å². The monoisotopic (exact) mass is 472 g/mol. The number of aryl methyl sites for hydroxylation is 2. The Morgan fingerprint density at radius 1 is 1.20 bits per heavy atom. The molecular weight excluding hydrogens is 457 g/mol. The summed E-state index contributed by atoms with van der Waals surface area (Å²) >= 11 is 8.06. The first-order valence-electron chi connectivity index (χ1n) is 8.65. The Bertz CT molecular complexity index is 1050. The number of nitrogens with zero attached hydrogens (tertiary/aromatic N) is 3.